The highest BCUT2D eigenvalue weighted by atomic mass is 19.4. The molecule has 0 aliphatic carbocycles. The minimum Gasteiger partial charge on any atom is -0.480 e. The van der Waals surface area contributed by atoms with Crippen LogP contribution < -0.4 is 4.74 Å². The van der Waals surface area contributed by atoms with Gasteiger partial charge >= 0.3 is 6.18 Å². The molecule has 0 saturated heterocycles. The van der Waals surface area contributed by atoms with E-state index in [2.05, 4.69) is 0 Å². The minimum atomic E-state index is -4.48. The number of rotatable bonds is 0. The molecule has 1 aliphatic rings. The van der Waals surface area contributed by atoms with E-state index < -0.39 is 24.8 Å². The molecule has 3 rings (SSSR count). The number of hydrogen-bond acceptors (Lipinski definition) is 2. The normalized spacial score (nSPS) is 22.9. The molecular weight excluding hydrogens is 257 g/mol. The largest absolute Gasteiger partial charge is 0.480 e. The van der Waals surface area contributed by atoms with Crippen LogP contribution >= 0.6 is 0 Å². The van der Waals surface area contributed by atoms with Gasteiger partial charge in [-0.2, -0.15) is 13.2 Å². The first-order valence-electron chi connectivity index (χ1n) is 5.90. The Bertz CT molecular complexity index is 622. The van der Waals surface area contributed by atoms with Crippen molar-refractivity contribution in [1.29, 1.82) is 0 Å². The summed E-state index contributed by atoms with van der Waals surface area (Å²) >= 11 is 0. The highest BCUT2D eigenvalue weighted by Crippen LogP contribution is 2.43. The Morgan fingerprint density at radius 1 is 1.11 bits per heavy atom. The molecule has 0 bridgehead atoms. The predicted octanol–water partition coefficient (Wildman–Crippen LogP) is 3.59. The Kier molecular flexibility index (Phi) is 2.67. The van der Waals surface area contributed by atoms with E-state index in [1.54, 1.807) is 36.4 Å². The van der Waals surface area contributed by atoms with E-state index in [4.69, 9.17) is 4.74 Å². The van der Waals surface area contributed by atoms with Crippen LogP contribution in [0.25, 0.3) is 10.8 Å². The van der Waals surface area contributed by atoms with E-state index in [0.29, 0.717) is 10.9 Å². The molecule has 0 spiro atoms. The molecule has 2 atom stereocenters. The van der Waals surface area contributed by atoms with Gasteiger partial charge in [-0.3, -0.25) is 0 Å². The van der Waals surface area contributed by atoms with E-state index in [9.17, 15) is 18.3 Å². The standard InChI is InChI=1S/C14H11F3O2/c15-14(16,17)12-7-11(18)10-6-5-8-3-1-2-4-9(8)13(10)19-12/h1-6,11-12,18H,7H2/t11-,12-/m0/s1. The average Bonchev–Trinajstić information content (AvgIpc) is 2.37. The summed E-state index contributed by atoms with van der Waals surface area (Å²) in [6.07, 6.45) is -8.05. The molecule has 1 heterocycles. The lowest BCUT2D eigenvalue weighted by Crippen LogP contribution is -2.38. The number of alkyl halides is 3. The lowest BCUT2D eigenvalue weighted by molar-refractivity contribution is -0.206. The van der Waals surface area contributed by atoms with Crippen molar-refractivity contribution >= 4 is 10.8 Å². The maximum Gasteiger partial charge on any atom is 0.425 e. The van der Waals surface area contributed by atoms with Crippen molar-refractivity contribution < 1.29 is 23.0 Å². The number of hydrogen-bond donors (Lipinski definition) is 1. The second-order valence-electron chi connectivity index (χ2n) is 4.60. The minimum absolute atomic E-state index is 0.138. The molecule has 5 heteroatoms. The van der Waals surface area contributed by atoms with Gasteiger partial charge in [-0.15, -0.1) is 0 Å². The summed E-state index contributed by atoms with van der Waals surface area (Å²) in [5.41, 5.74) is 0.416. The van der Waals surface area contributed by atoms with Gasteiger partial charge in [0, 0.05) is 17.4 Å². The first-order valence-corrected chi connectivity index (χ1v) is 5.90. The second kappa shape index (κ2) is 4.13. The molecule has 19 heavy (non-hydrogen) atoms. The van der Waals surface area contributed by atoms with Crippen LogP contribution in [-0.4, -0.2) is 17.4 Å². The molecule has 100 valence electrons. The quantitative estimate of drug-likeness (QED) is 0.791. The topological polar surface area (TPSA) is 29.5 Å². The van der Waals surface area contributed by atoms with Crippen molar-refractivity contribution in [3.63, 3.8) is 0 Å². The average molecular weight is 268 g/mol. The van der Waals surface area contributed by atoms with Gasteiger partial charge in [0.2, 0.25) is 0 Å². The van der Waals surface area contributed by atoms with E-state index in [-0.39, 0.29) is 5.75 Å². The summed E-state index contributed by atoms with van der Waals surface area (Å²) in [7, 11) is 0. The Labute approximate surface area is 107 Å². The molecule has 1 aliphatic heterocycles. The fourth-order valence-corrected chi connectivity index (χ4v) is 2.37. The summed E-state index contributed by atoms with van der Waals surface area (Å²) in [4.78, 5) is 0. The lowest BCUT2D eigenvalue weighted by atomic mass is 9.95. The Morgan fingerprint density at radius 2 is 1.84 bits per heavy atom. The zero-order chi connectivity index (χ0) is 13.6. The van der Waals surface area contributed by atoms with Crippen LogP contribution in [0.4, 0.5) is 13.2 Å². The van der Waals surface area contributed by atoms with Crippen LogP contribution in [0.2, 0.25) is 0 Å². The molecule has 2 aromatic rings. The van der Waals surface area contributed by atoms with Crippen LogP contribution in [0.5, 0.6) is 5.75 Å². The molecule has 0 saturated carbocycles. The third-order valence-electron chi connectivity index (χ3n) is 3.33. The number of benzene rings is 2. The van der Waals surface area contributed by atoms with Gasteiger partial charge in [0.05, 0.1) is 6.10 Å². The van der Waals surface area contributed by atoms with Crippen molar-refractivity contribution in [3.8, 4) is 5.75 Å². The zero-order valence-corrected chi connectivity index (χ0v) is 9.82. The van der Waals surface area contributed by atoms with Gasteiger partial charge in [-0.05, 0) is 5.39 Å². The predicted molar refractivity (Wildman–Crippen MR) is 64.0 cm³/mol. The molecule has 0 unspecified atom stereocenters. The molecule has 0 radical (unpaired) electrons. The third kappa shape index (κ3) is 2.04. The zero-order valence-electron chi connectivity index (χ0n) is 9.82. The van der Waals surface area contributed by atoms with Crippen LogP contribution in [0.1, 0.15) is 18.1 Å². The second-order valence-corrected chi connectivity index (χ2v) is 4.60. The maximum absolute atomic E-state index is 12.8. The molecule has 0 amide bonds. The van der Waals surface area contributed by atoms with Gasteiger partial charge in [0.25, 0.3) is 0 Å². The summed E-state index contributed by atoms with van der Waals surface area (Å²) < 4.78 is 43.4. The number of halogens is 3. The van der Waals surface area contributed by atoms with Gasteiger partial charge in [-0.1, -0.05) is 36.4 Å². The van der Waals surface area contributed by atoms with E-state index in [0.717, 1.165) is 5.39 Å². The highest BCUT2D eigenvalue weighted by Gasteiger charge is 2.46. The first kappa shape index (κ1) is 12.3. The van der Waals surface area contributed by atoms with Crippen molar-refractivity contribution in [1.82, 2.24) is 0 Å². The summed E-state index contributed by atoms with van der Waals surface area (Å²) in [6.45, 7) is 0. The van der Waals surface area contributed by atoms with Gasteiger partial charge in [-0.25, -0.2) is 0 Å². The molecule has 1 N–H and O–H groups in total. The SMILES string of the molecule is O[C@H]1C[C@@H](C(F)(F)F)Oc2c1ccc1ccccc21. The lowest BCUT2D eigenvalue weighted by Gasteiger charge is -2.31. The molecule has 0 fully saturated rings. The maximum atomic E-state index is 12.8. The summed E-state index contributed by atoms with van der Waals surface area (Å²) in [6, 6.07) is 10.4. The summed E-state index contributed by atoms with van der Waals surface area (Å²) in [5.74, 6) is 0.138. The Morgan fingerprint density at radius 3 is 2.58 bits per heavy atom. The van der Waals surface area contributed by atoms with Gasteiger partial charge in [0.15, 0.2) is 6.10 Å². The summed E-state index contributed by atoms with van der Waals surface area (Å²) in [5, 5.41) is 11.3. The number of ether oxygens (including phenoxy) is 1. The van der Waals surface area contributed by atoms with Crippen molar-refractivity contribution in [2.24, 2.45) is 0 Å². The van der Waals surface area contributed by atoms with E-state index >= 15 is 0 Å². The van der Waals surface area contributed by atoms with Gasteiger partial charge in [0.1, 0.15) is 5.75 Å². The van der Waals surface area contributed by atoms with Crippen LogP contribution in [0.3, 0.4) is 0 Å². The molecule has 2 aromatic carbocycles. The van der Waals surface area contributed by atoms with Crippen molar-refractivity contribution in [2.45, 2.75) is 24.8 Å². The van der Waals surface area contributed by atoms with Gasteiger partial charge < -0.3 is 9.84 Å². The highest BCUT2D eigenvalue weighted by molar-refractivity contribution is 5.89. The van der Waals surface area contributed by atoms with Crippen LogP contribution in [0.15, 0.2) is 36.4 Å². The molecule has 0 aromatic heterocycles. The number of aliphatic hydroxyl groups excluding tert-OH is 1. The first-order chi connectivity index (χ1) is 8.97. The smallest absolute Gasteiger partial charge is 0.425 e. The van der Waals surface area contributed by atoms with Crippen molar-refractivity contribution in [3.05, 3.63) is 42.0 Å². The Hall–Kier alpha value is -1.75. The van der Waals surface area contributed by atoms with Crippen LogP contribution in [-0.2, 0) is 0 Å². The van der Waals surface area contributed by atoms with E-state index in [1.807, 2.05) is 0 Å². The molecular formula is C14H11F3O2. The Balaban J connectivity index is 2.16. The number of aliphatic hydroxyl groups is 1. The molecule has 2 nitrogen and oxygen atoms in total. The van der Waals surface area contributed by atoms with Crippen LogP contribution in [0, 0.1) is 0 Å². The van der Waals surface area contributed by atoms with Crippen molar-refractivity contribution in [2.75, 3.05) is 0 Å². The third-order valence-corrected chi connectivity index (χ3v) is 3.33. The van der Waals surface area contributed by atoms with E-state index in [1.165, 1.54) is 0 Å². The monoisotopic (exact) mass is 268 g/mol. The fourth-order valence-electron chi connectivity index (χ4n) is 2.37. The number of fused-ring (bicyclic) bond motifs is 3. The fraction of sp³-hybridized carbons (Fsp3) is 0.286.